The lowest BCUT2D eigenvalue weighted by Gasteiger charge is -2.33. The Kier molecular flexibility index (Phi) is 3.84. The fraction of sp³-hybridized carbons (Fsp3) is 0.500. The van der Waals surface area contributed by atoms with Gasteiger partial charge in [0.2, 0.25) is 0 Å². The zero-order valence-electron chi connectivity index (χ0n) is 14.0. The number of furan rings is 1. The fourth-order valence-corrected chi connectivity index (χ4v) is 3.48. The third kappa shape index (κ3) is 2.70. The number of aryl methyl sites for hydroxylation is 1. The first kappa shape index (κ1) is 15.9. The van der Waals surface area contributed by atoms with Crippen LogP contribution in [0.25, 0.3) is 11.0 Å². The van der Waals surface area contributed by atoms with Gasteiger partial charge in [0.15, 0.2) is 0 Å². The topological polar surface area (TPSA) is 62.9 Å². The van der Waals surface area contributed by atoms with Crippen LogP contribution in [0.5, 0.6) is 5.75 Å². The molecule has 5 heteroatoms. The maximum Gasteiger partial charge on any atom is 0.258 e. The number of hydrogen-bond donors (Lipinski definition) is 1. The molecule has 1 fully saturated rings. The number of benzene rings is 1. The Balaban J connectivity index is 2.05. The average molecular weight is 317 g/mol. The first-order valence-corrected chi connectivity index (χ1v) is 7.93. The van der Waals surface area contributed by atoms with Crippen molar-refractivity contribution in [2.24, 2.45) is 0 Å². The highest BCUT2D eigenvalue weighted by Gasteiger charge is 2.40. The van der Waals surface area contributed by atoms with Crippen molar-refractivity contribution >= 4 is 16.9 Å². The quantitative estimate of drug-likeness (QED) is 0.944. The number of nitrogens with zero attached hydrogens (tertiary/aromatic N) is 1. The average Bonchev–Trinajstić information content (AvgIpc) is 3.09. The predicted octanol–water partition coefficient (Wildman–Crippen LogP) is 3.13. The number of methoxy groups -OCH3 is 1. The summed E-state index contributed by atoms with van der Waals surface area (Å²) in [7, 11) is 1.60. The molecule has 1 aliphatic heterocycles. The van der Waals surface area contributed by atoms with Crippen LogP contribution in [0.2, 0.25) is 0 Å². The van der Waals surface area contributed by atoms with Crippen molar-refractivity contribution in [1.82, 2.24) is 4.90 Å². The molecule has 1 saturated heterocycles. The van der Waals surface area contributed by atoms with Gasteiger partial charge in [0, 0.05) is 11.9 Å². The van der Waals surface area contributed by atoms with Crippen molar-refractivity contribution < 1.29 is 19.1 Å². The van der Waals surface area contributed by atoms with E-state index in [9.17, 15) is 9.90 Å². The van der Waals surface area contributed by atoms with Gasteiger partial charge < -0.3 is 19.2 Å². The van der Waals surface area contributed by atoms with E-state index in [4.69, 9.17) is 9.15 Å². The number of hydrogen-bond acceptors (Lipinski definition) is 4. The van der Waals surface area contributed by atoms with Crippen molar-refractivity contribution in [2.45, 2.75) is 45.3 Å². The highest BCUT2D eigenvalue weighted by atomic mass is 16.5. The molecular weight excluding hydrogens is 294 g/mol. The van der Waals surface area contributed by atoms with Gasteiger partial charge in [-0.2, -0.15) is 0 Å². The first-order chi connectivity index (χ1) is 10.8. The minimum Gasteiger partial charge on any atom is -0.497 e. The number of likely N-dealkylation sites (tertiary alicyclic amines) is 1. The zero-order chi connectivity index (χ0) is 16.8. The van der Waals surface area contributed by atoms with Crippen LogP contribution in [0.3, 0.4) is 0 Å². The highest BCUT2D eigenvalue weighted by Crippen LogP contribution is 2.33. The van der Waals surface area contributed by atoms with Crippen LogP contribution in [0.1, 0.15) is 42.8 Å². The summed E-state index contributed by atoms with van der Waals surface area (Å²) in [6, 6.07) is 5.28. The molecule has 1 aromatic carbocycles. The molecule has 1 atom stereocenters. The molecule has 1 aliphatic rings. The second-order valence-corrected chi connectivity index (χ2v) is 6.71. The molecule has 5 nitrogen and oxygen atoms in total. The van der Waals surface area contributed by atoms with E-state index in [2.05, 4.69) is 0 Å². The molecule has 0 aliphatic carbocycles. The summed E-state index contributed by atoms with van der Waals surface area (Å²) in [6.45, 7) is 5.97. The summed E-state index contributed by atoms with van der Waals surface area (Å²) in [4.78, 5) is 14.9. The van der Waals surface area contributed by atoms with E-state index in [0.29, 0.717) is 29.2 Å². The lowest BCUT2D eigenvalue weighted by molar-refractivity contribution is 0.000327. The molecular formula is C18H23NO4. The number of fused-ring (bicyclic) bond motifs is 1. The normalized spacial score (nSPS) is 18.7. The summed E-state index contributed by atoms with van der Waals surface area (Å²) in [5.74, 6) is 1.20. The molecule has 1 amide bonds. The minimum atomic E-state index is -0.919. The molecule has 1 N–H and O–H groups in total. The van der Waals surface area contributed by atoms with E-state index < -0.39 is 5.60 Å². The number of amides is 1. The highest BCUT2D eigenvalue weighted by molar-refractivity contribution is 6.07. The lowest BCUT2D eigenvalue weighted by Crippen LogP contribution is -2.48. The molecule has 0 saturated carbocycles. The van der Waals surface area contributed by atoms with Crippen molar-refractivity contribution in [1.29, 1.82) is 0 Å². The molecule has 124 valence electrons. The summed E-state index contributed by atoms with van der Waals surface area (Å²) in [6.07, 6.45) is 1.71. The van der Waals surface area contributed by atoms with Gasteiger partial charge >= 0.3 is 0 Å². The van der Waals surface area contributed by atoms with Crippen LogP contribution in [0, 0.1) is 6.92 Å². The third-order valence-corrected chi connectivity index (χ3v) is 4.61. The standard InChI is InChI=1S/C18H23NO4/c1-11-16(13-10-12(22-4)7-8-14(13)23-11)17(20)19-9-5-6-15(19)18(2,3)21/h7-8,10,15,21H,5-6,9H2,1-4H3. The molecule has 23 heavy (non-hydrogen) atoms. The van der Waals surface area contributed by atoms with Crippen molar-refractivity contribution in [3.05, 3.63) is 29.5 Å². The summed E-state index contributed by atoms with van der Waals surface area (Å²) >= 11 is 0. The fourth-order valence-electron chi connectivity index (χ4n) is 3.48. The van der Waals surface area contributed by atoms with Gasteiger partial charge in [-0.05, 0) is 51.8 Å². The monoisotopic (exact) mass is 317 g/mol. The molecule has 2 aromatic rings. The Morgan fingerprint density at radius 1 is 1.43 bits per heavy atom. The predicted molar refractivity (Wildman–Crippen MR) is 87.9 cm³/mol. The van der Waals surface area contributed by atoms with Crippen LogP contribution in [0.15, 0.2) is 22.6 Å². The van der Waals surface area contributed by atoms with Gasteiger partial charge in [-0.25, -0.2) is 0 Å². The van der Waals surface area contributed by atoms with E-state index in [0.717, 1.165) is 18.2 Å². The van der Waals surface area contributed by atoms with Crippen molar-refractivity contribution in [3.63, 3.8) is 0 Å². The smallest absolute Gasteiger partial charge is 0.258 e. The second kappa shape index (κ2) is 5.57. The maximum absolute atomic E-state index is 13.1. The Bertz CT molecular complexity index is 741. The lowest BCUT2D eigenvalue weighted by atomic mass is 9.96. The van der Waals surface area contributed by atoms with Gasteiger partial charge in [0.1, 0.15) is 17.1 Å². The second-order valence-electron chi connectivity index (χ2n) is 6.71. The molecule has 1 aromatic heterocycles. The molecule has 2 heterocycles. The van der Waals surface area contributed by atoms with E-state index in [1.165, 1.54) is 0 Å². The van der Waals surface area contributed by atoms with Crippen molar-refractivity contribution in [2.75, 3.05) is 13.7 Å². The largest absolute Gasteiger partial charge is 0.497 e. The van der Waals surface area contributed by atoms with Crippen LogP contribution < -0.4 is 4.74 Å². The Morgan fingerprint density at radius 2 is 2.17 bits per heavy atom. The van der Waals surface area contributed by atoms with Gasteiger partial charge in [0.05, 0.1) is 24.3 Å². The number of ether oxygens (including phenoxy) is 1. The molecule has 0 radical (unpaired) electrons. The molecule has 0 bridgehead atoms. The number of aliphatic hydroxyl groups is 1. The van der Waals surface area contributed by atoms with Crippen LogP contribution in [-0.2, 0) is 0 Å². The summed E-state index contributed by atoms with van der Waals surface area (Å²) in [5, 5.41) is 11.1. The molecule has 1 unspecified atom stereocenters. The Labute approximate surface area is 135 Å². The van der Waals surface area contributed by atoms with E-state index in [1.807, 2.05) is 18.2 Å². The van der Waals surface area contributed by atoms with Gasteiger partial charge in [0.25, 0.3) is 5.91 Å². The van der Waals surface area contributed by atoms with E-state index >= 15 is 0 Å². The Hall–Kier alpha value is -2.01. The number of carbonyl (C=O) groups is 1. The van der Waals surface area contributed by atoms with E-state index in [-0.39, 0.29) is 11.9 Å². The van der Waals surface area contributed by atoms with Gasteiger partial charge in [-0.1, -0.05) is 0 Å². The molecule has 3 rings (SSSR count). The third-order valence-electron chi connectivity index (χ3n) is 4.61. The number of rotatable bonds is 3. The van der Waals surface area contributed by atoms with Crippen LogP contribution >= 0.6 is 0 Å². The maximum atomic E-state index is 13.1. The van der Waals surface area contributed by atoms with Gasteiger partial charge in [-0.3, -0.25) is 4.79 Å². The van der Waals surface area contributed by atoms with Crippen LogP contribution in [0.4, 0.5) is 0 Å². The summed E-state index contributed by atoms with van der Waals surface area (Å²) in [5.41, 5.74) is 0.317. The SMILES string of the molecule is COc1ccc2oc(C)c(C(=O)N3CCCC3C(C)(C)O)c2c1. The number of carbonyl (C=O) groups excluding carboxylic acids is 1. The first-order valence-electron chi connectivity index (χ1n) is 7.93. The molecule has 0 spiro atoms. The van der Waals surface area contributed by atoms with Crippen molar-refractivity contribution in [3.8, 4) is 5.75 Å². The minimum absolute atomic E-state index is 0.0841. The Morgan fingerprint density at radius 3 is 2.83 bits per heavy atom. The van der Waals surface area contributed by atoms with Crippen LogP contribution in [-0.4, -0.2) is 41.2 Å². The summed E-state index contributed by atoms with van der Waals surface area (Å²) < 4.78 is 11.0. The van der Waals surface area contributed by atoms with Gasteiger partial charge in [-0.15, -0.1) is 0 Å². The van der Waals surface area contributed by atoms with E-state index in [1.54, 1.807) is 32.8 Å². The zero-order valence-corrected chi connectivity index (χ0v) is 14.0.